The molecular formula is C14H24N4. The molecule has 0 saturated carbocycles. The van der Waals surface area contributed by atoms with E-state index in [2.05, 4.69) is 22.1 Å². The lowest BCUT2D eigenvalue weighted by atomic mass is 10.1. The van der Waals surface area contributed by atoms with Gasteiger partial charge in [0, 0.05) is 18.8 Å². The normalized spacial score (nSPS) is 18.6. The molecule has 18 heavy (non-hydrogen) atoms. The Bertz CT molecular complexity index is 385. The van der Waals surface area contributed by atoms with E-state index in [0.717, 1.165) is 23.6 Å². The van der Waals surface area contributed by atoms with E-state index in [4.69, 9.17) is 5.73 Å². The van der Waals surface area contributed by atoms with E-state index < -0.39 is 0 Å². The number of hydrogen-bond acceptors (Lipinski definition) is 4. The van der Waals surface area contributed by atoms with E-state index in [1.54, 1.807) is 0 Å². The average molecular weight is 248 g/mol. The van der Waals surface area contributed by atoms with Crippen LogP contribution in [0.5, 0.6) is 0 Å². The second-order valence-corrected chi connectivity index (χ2v) is 5.28. The van der Waals surface area contributed by atoms with Crippen LogP contribution >= 0.6 is 0 Å². The Morgan fingerprint density at radius 3 is 2.78 bits per heavy atom. The predicted octanol–water partition coefficient (Wildman–Crippen LogP) is 2.26. The molecule has 0 amide bonds. The molecule has 0 bridgehead atoms. The number of piperidine rings is 1. The molecule has 0 radical (unpaired) electrons. The van der Waals surface area contributed by atoms with E-state index in [0.29, 0.717) is 6.04 Å². The zero-order chi connectivity index (χ0) is 13.0. The summed E-state index contributed by atoms with van der Waals surface area (Å²) < 4.78 is 0. The summed E-state index contributed by atoms with van der Waals surface area (Å²) in [5, 5.41) is 3.36. The van der Waals surface area contributed by atoms with Crippen LogP contribution in [0.3, 0.4) is 0 Å². The quantitative estimate of drug-likeness (QED) is 0.858. The van der Waals surface area contributed by atoms with E-state index in [9.17, 15) is 0 Å². The van der Waals surface area contributed by atoms with Gasteiger partial charge >= 0.3 is 0 Å². The van der Waals surface area contributed by atoms with Crippen LogP contribution < -0.4 is 11.1 Å². The van der Waals surface area contributed by atoms with Crippen LogP contribution in [0.2, 0.25) is 0 Å². The fourth-order valence-corrected chi connectivity index (χ4v) is 2.47. The molecule has 0 aromatic carbocycles. The van der Waals surface area contributed by atoms with Gasteiger partial charge in [-0.05, 0) is 51.4 Å². The zero-order valence-corrected chi connectivity index (χ0v) is 11.4. The van der Waals surface area contributed by atoms with Crippen molar-refractivity contribution in [1.82, 2.24) is 9.88 Å². The molecule has 1 aromatic rings. The zero-order valence-electron chi connectivity index (χ0n) is 11.4. The third kappa shape index (κ3) is 3.35. The molecule has 1 aliphatic heterocycles. The van der Waals surface area contributed by atoms with Gasteiger partial charge in [0.2, 0.25) is 0 Å². The van der Waals surface area contributed by atoms with Crippen LogP contribution in [0.25, 0.3) is 0 Å². The van der Waals surface area contributed by atoms with Crippen molar-refractivity contribution in [2.24, 2.45) is 0 Å². The fourth-order valence-electron chi connectivity index (χ4n) is 2.47. The Balaban J connectivity index is 1.86. The van der Waals surface area contributed by atoms with Crippen molar-refractivity contribution < 1.29 is 0 Å². The first kappa shape index (κ1) is 13.1. The van der Waals surface area contributed by atoms with Gasteiger partial charge in [-0.15, -0.1) is 0 Å². The van der Waals surface area contributed by atoms with Crippen molar-refractivity contribution in [2.75, 3.05) is 30.7 Å². The minimum atomic E-state index is 0.535. The van der Waals surface area contributed by atoms with E-state index >= 15 is 0 Å². The highest BCUT2D eigenvalue weighted by Gasteiger charge is 2.16. The van der Waals surface area contributed by atoms with Crippen molar-refractivity contribution in [3.63, 3.8) is 0 Å². The fraction of sp³-hybridized carbons (Fsp3) is 0.643. The first-order valence-corrected chi connectivity index (χ1v) is 6.87. The number of rotatable bonds is 4. The monoisotopic (exact) mass is 248 g/mol. The summed E-state index contributed by atoms with van der Waals surface area (Å²) >= 11 is 0. The molecule has 4 nitrogen and oxygen atoms in total. The summed E-state index contributed by atoms with van der Waals surface area (Å²) in [7, 11) is 0. The minimum Gasteiger partial charge on any atom is -0.396 e. The lowest BCUT2D eigenvalue weighted by molar-refractivity contribution is 0.180. The lowest BCUT2D eigenvalue weighted by Gasteiger charge is -2.32. The Kier molecular flexibility index (Phi) is 4.42. The SMILES string of the molecule is Cc1cnc(NCC(C)N2CCCCC2)c(N)c1. The number of hydrogen-bond donors (Lipinski definition) is 2. The van der Waals surface area contributed by atoms with Gasteiger partial charge in [-0.25, -0.2) is 4.98 Å². The smallest absolute Gasteiger partial charge is 0.149 e. The molecule has 2 heterocycles. The molecule has 100 valence electrons. The standard InChI is InChI=1S/C14H24N4/c1-11-8-13(15)14(16-9-11)17-10-12(2)18-6-4-3-5-7-18/h8-9,12H,3-7,10,15H2,1-2H3,(H,16,17). The van der Waals surface area contributed by atoms with E-state index in [-0.39, 0.29) is 0 Å². The summed E-state index contributed by atoms with van der Waals surface area (Å²) in [4.78, 5) is 6.88. The number of nitrogens with zero attached hydrogens (tertiary/aromatic N) is 2. The van der Waals surface area contributed by atoms with Crippen LogP contribution in [-0.2, 0) is 0 Å². The van der Waals surface area contributed by atoms with Gasteiger partial charge in [0.05, 0.1) is 5.69 Å². The number of nitrogens with two attached hydrogens (primary N) is 1. The van der Waals surface area contributed by atoms with Gasteiger partial charge in [-0.2, -0.15) is 0 Å². The van der Waals surface area contributed by atoms with Gasteiger partial charge in [-0.1, -0.05) is 6.42 Å². The molecule has 1 fully saturated rings. The van der Waals surface area contributed by atoms with Crippen LogP contribution in [-0.4, -0.2) is 35.6 Å². The Morgan fingerprint density at radius 2 is 2.11 bits per heavy atom. The lowest BCUT2D eigenvalue weighted by Crippen LogP contribution is -2.41. The van der Waals surface area contributed by atoms with Crippen molar-refractivity contribution >= 4 is 11.5 Å². The number of nitrogens with one attached hydrogen (secondary N) is 1. The largest absolute Gasteiger partial charge is 0.396 e. The molecule has 1 aliphatic rings. The maximum Gasteiger partial charge on any atom is 0.149 e. The van der Waals surface area contributed by atoms with Gasteiger partial charge in [0.25, 0.3) is 0 Å². The molecule has 0 spiro atoms. The summed E-state index contributed by atoms with van der Waals surface area (Å²) in [5.74, 6) is 0.810. The number of pyridine rings is 1. The molecule has 1 saturated heterocycles. The van der Waals surface area contributed by atoms with E-state index in [1.165, 1.54) is 32.4 Å². The summed E-state index contributed by atoms with van der Waals surface area (Å²) in [6.07, 6.45) is 5.89. The second-order valence-electron chi connectivity index (χ2n) is 5.28. The van der Waals surface area contributed by atoms with Crippen molar-refractivity contribution in [1.29, 1.82) is 0 Å². The Morgan fingerprint density at radius 1 is 1.39 bits per heavy atom. The Labute approximate surface area is 110 Å². The average Bonchev–Trinajstić information content (AvgIpc) is 2.38. The molecule has 3 N–H and O–H groups in total. The first-order chi connectivity index (χ1) is 8.66. The van der Waals surface area contributed by atoms with E-state index in [1.807, 2.05) is 19.2 Å². The topological polar surface area (TPSA) is 54.2 Å². The maximum absolute atomic E-state index is 5.95. The van der Waals surface area contributed by atoms with Crippen molar-refractivity contribution in [2.45, 2.75) is 39.2 Å². The van der Waals surface area contributed by atoms with Crippen LogP contribution in [0.15, 0.2) is 12.3 Å². The summed E-state index contributed by atoms with van der Waals surface area (Å²) in [6.45, 7) is 7.62. The predicted molar refractivity (Wildman–Crippen MR) is 76.8 cm³/mol. The molecule has 4 heteroatoms. The van der Waals surface area contributed by atoms with Crippen molar-refractivity contribution in [3.8, 4) is 0 Å². The molecule has 2 rings (SSSR count). The minimum absolute atomic E-state index is 0.535. The second kappa shape index (κ2) is 6.05. The maximum atomic E-state index is 5.95. The van der Waals surface area contributed by atoms with Crippen molar-refractivity contribution in [3.05, 3.63) is 17.8 Å². The summed E-state index contributed by atoms with van der Waals surface area (Å²) in [6, 6.07) is 2.49. The third-order valence-electron chi connectivity index (χ3n) is 3.63. The molecule has 1 aromatic heterocycles. The molecule has 1 unspecified atom stereocenters. The highest BCUT2D eigenvalue weighted by molar-refractivity contribution is 5.61. The highest BCUT2D eigenvalue weighted by atomic mass is 15.2. The van der Waals surface area contributed by atoms with Gasteiger partial charge in [0.15, 0.2) is 0 Å². The third-order valence-corrected chi connectivity index (χ3v) is 3.63. The molecular weight excluding hydrogens is 224 g/mol. The van der Waals surface area contributed by atoms with Crippen LogP contribution in [0.1, 0.15) is 31.7 Å². The number of aromatic nitrogens is 1. The number of likely N-dealkylation sites (tertiary alicyclic amines) is 1. The van der Waals surface area contributed by atoms with Crippen LogP contribution in [0.4, 0.5) is 11.5 Å². The number of aryl methyl sites for hydroxylation is 1. The number of nitrogen functional groups attached to an aromatic ring is 1. The summed E-state index contributed by atoms with van der Waals surface area (Å²) in [5.41, 5.74) is 7.78. The first-order valence-electron chi connectivity index (χ1n) is 6.87. The highest BCUT2D eigenvalue weighted by Crippen LogP contribution is 2.17. The van der Waals surface area contributed by atoms with Gasteiger partial charge < -0.3 is 11.1 Å². The van der Waals surface area contributed by atoms with Crippen LogP contribution in [0, 0.1) is 6.92 Å². The van der Waals surface area contributed by atoms with Gasteiger partial charge in [0.1, 0.15) is 5.82 Å². The number of anilines is 2. The van der Waals surface area contributed by atoms with Gasteiger partial charge in [-0.3, -0.25) is 4.90 Å². The molecule has 0 aliphatic carbocycles. The Hall–Kier alpha value is -1.29. The molecule has 1 atom stereocenters.